The summed E-state index contributed by atoms with van der Waals surface area (Å²) in [7, 11) is -8.67. The number of hydrogen-bond donors (Lipinski definition) is 6. The monoisotopic (exact) mass is 465 g/mol. The van der Waals surface area contributed by atoms with E-state index in [-0.39, 0.29) is 5.92 Å². The van der Waals surface area contributed by atoms with Crippen molar-refractivity contribution in [1.82, 2.24) is 19.5 Å². The van der Waals surface area contributed by atoms with E-state index >= 15 is 0 Å². The molecular formula is C14H21N5O9P2. The van der Waals surface area contributed by atoms with Crippen LogP contribution < -0.4 is 5.32 Å². The summed E-state index contributed by atoms with van der Waals surface area (Å²) in [6.45, 7) is -0.538. The summed E-state index contributed by atoms with van der Waals surface area (Å²) in [4.78, 5) is 39.6. The second-order valence-corrected chi connectivity index (χ2v) is 10.2. The Balaban J connectivity index is 1.62. The molecule has 6 N–H and O–H groups in total. The van der Waals surface area contributed by atoms with Crippen molar-refractivity contribution in [2.24, 2.45) is 11.3 Å². The van der Waals surface area contributed by atoms with Crippen molar-refractivity contribution < 1.29 is 42.9 Å². The predicted molar refractivity (Wildman–Crippen MR) is 100.0 cm³/mol. The number of phosphoric ester groups is 1. The van der Waals surface area contributed by atoms with Gasteiger partial charge in [-0.25, -0.2) is 24.1 Å². The Morgan fingerprint density at radius 2 is 2.00 bits per heavy atom. The average Bonchev–Trinajstić information content (AvgIpc) is 3.11. The Kier molecular flexibility index (Phi) is 5.29. The quantitative estimate of drug-likeness (QED) is 0.292. The SMILES string of the molecule is CNc1ncnc2c1ncn2[C@H]1[C@H](O)[C@H](O)[C@]2(COP(=O)(O)OP(=O)(O)O)CC[C@H]12. The average molecular weight is 465 g/mol. The first-order valence-electron chi connectivity index (χ1n) is 8.95. The molecule has 16 heteroatoms. The van der Waals surface area contributed by atoms with Crippen LogP contribution in [0.15, 0.2) is 12.7 Å². The Hall–Kier alpha value is -1.47. The third kappa shape index (κ3) is 3.48. The highest BCUT2D eigenvalue weighted by Gasteiger charge is 2.66. The van der Waals surface area contributed by atoms with Crippen LogP contribution in [0.3, 0.4) is 0 Å². The van der Waals surface area contributed by atoms with E-state index in [9.17, 15) is 24.2 Å². The maximum absolute atomic E-state index is 11.8. The molecule has 0 aromatic carbocycles. The molecule has 2 saturated carbocycles. The Labute approximate surface area is 169 Å². The molecule has 166 valence electrons. The lowest BCUT2D eigenvalue weighted by Gasteiger charge is -2.47. The molecule has 6 atom stereocenters. The van der Waals surface area contributed by atoms with Gasteiger partial charge in [0.1, 0.15) is 17.9 Å². The number of anilines is 1. The van der Waals surface area contributed by atoms with E-state index in [0.29, 0.717) is 29.8 Å². The van der Waals surface area contributed by atoms with Crippen molar-refractivity contribution in [3.63, 3.8) is 0 Å². The number of phosphoric acid groups is 2. The highest BCUT2D eigenvalue weighted by Crippen LogP contribution is 2.65. The fourth-order valence-corrected chi connectivity index (χ4v) is 6.23. The van der Waals surface area contributed by atoms with Crippen LogP contribution in [-0.2, 0) is 18.0 Å². The van der Waals surface area contributed by atoms with Gasteiger partial charge >= 0.3 is 15.6 Å². The highest BCUT2D eigenvalue weighted by atomic mass is 31.3. The fraction of sp³-hybridized carbons (Fsp3) is 0.643. The number of aliphatic hydroxyl groups excluding tert-OH is 2. The number of fused-ring (bicyclic) bond motifs is 2. The molecule has 1 unspecified atom stereocenters. The molecule has 2 aromatic rings. The smallest absolute Gasteiger partial charge is 0.390 e. The molecular weight excluding hydrogens is 444 g/mol. The van der Waals surface area contributed by atoms with Gasteiger partial charge in [-0.3, -0.25) is 4.52 Å². The zero-order valence-corrected chi connectivity index (χ0v) is 17.4. The van der Waals surface area contributed by atoms with Crippen LogP contribution in [0.1, 0.15) is 18.9 Å². The van der Waals surface area contributed by atoms with E-state index < -0.39 is 45.9 Å². The van der Waals surface area contributed by atoms with Gasteiger partial charge in [-0.2, -0.15) is 4.31 Å². The maximum atomic E-state index is 11.8. The second kappa shape index (κ2) is 7.30. The van der Waals surface area contributed by atoms with E-state index in [1.165, 1.54) is 12.7 Å². The van der Waals surface area contributed by atoms with Gasteiger partial charge in [0.05, 0.1) is 25.1 Å². The van der Waals surface area contributed by atoms with Crippen LogP contribution in [0, 0.1) is 11.3 Å². The molecule has 0 aliphatic heterocycles. The van der Waals surface area contributed by atoms with Gasteiger partial charge in [0, 0.05) is 12.5 Å². The van der Waals surface area contributed by atoms with Crippen molar-refractivity contribution in [2.45, 2.75) is 31.1 Å². The molecule has 0 radical (unpaired) electrons. The lowest BCUT2D eigenvalue weighted by molar-refractivity contribution is -0.0967. The van der Waals surface area contributed by atoms with Gasteiger partial charge < -0.3 is 34.8 Å². The van der Waals surface area contributed by atoms with E-state index in [4.69, 9.17) is 14.3 Å². The third-order valence-electron chi connectivity index (χ3n) is 5.96. The molecule has 2 aromatic heterocycles. The van der Waals surface area contributed by atoms with Gasteiger partial charge in [0.15, 0.2) is 11.5 Å². The standard InChI is InChI=1S/C14H21N5O9P2/c1-15-12-8-13(17-5-16-12)19(6-18-8)9-7-2-3-14(7,11(21)10(9)20)4-27-30(25,26)28-29(22,23)24/h5-7,9-11,20-21H,2-4H2,1H3,(H,25,26)(H,15,16,17)(H2,22,23,24)/t7-,9-,10+,11+,14+/m1/s1. The minimum Gasteiger partial charge on any atom is -0.390 e. The summed E-state index contributed by atoms with van der Waals surface area (Å²) in [5.41, 5.74) is -0.188. The van der Waals surface area contributed by atoms with Crippen LogP contribution in [0.25, 0.3) is 11.2 Å². The molecule has 14 nitrogen and oxygen atoms in total. The van der Waals surface area contributed by atoms with Gasteiger partial charge in [-0.15, -0.1) is 0 Å². The molecule has 2 fully saturated rings. The van der Waals surface area contributed by atoms with E-state index in [2.05, 4.69) is 24.6 Å². The molecule has 0 spiro atoms. The van der Waals surface area contributed by atoms with Gasteiger partial charge in [-0.05, 0) is 18.8 Å². The normalized spacial score (nSPS) is 33.1. The summed E-state index contributed by atoms with van der Waals surface area (Å²) in [6, 6.07) is -0.650. The zero-order chi connectivity index (χ0) is 21.9. The van der Waals surface area contributed by atoms with Crippen LogP contribution in [0.5, 0.6) is 0 Å². The van der Waals surface area contributed by atoms with Crippen LogP contribution in [-0.4, -0.2) is 70.3 Å². The highest BCUT2D eigenvalue weighted by molar-refractivity contribution is 7.60. The number of aromatic nitrogens is 4. The number of imidazole rings is 1. The molecule has 0 saturated heterocycles. The number of nitrogens with zero attached hydrogens (tertiary/aromatic N) is 4. The minimum absolute atomic E-state index is 0.367. The summed E-state index contributed by atoms with van der Waals surface area (Å²) in [5.74, 6) is 0.119. The number of rotatable bonds is 7. The minimum atomic E-state index is -5.26. The van der Waals surface area contributed by atoms with Crippen LogP contribution >= 0.6 is 15.6 Å². The van der Waals surface area contributed by atoms with Gasteiger partial charge in [0.25, 0.3) is 0 Å². The number of aliphatic hydroxyl groups is 2. The Morgan fingerprint density at radius 3 is 2.60 bits per heavy atom. The number of hydrogen-bond acceptors (Lipinski definition) is 10. The molecule has 2 aliphatic rings. The first kappa shape index (κ1) is 21.8. The molecule has 0 amide bonds. The van der Waals surface area contributed by atoms with E-state index in [1.54, 1.807) is 11.6 Å². The van der Waals surface area contributed by atoms with Crippen molar-refractivity contribution in [1.29, 1.82) is 0 Å². The fourth-order valence-electron chi connectivity index (χ4n) is 4.56. The second-order valence-electron chi connectivity index (χ2n) is 7.41. The summed E-state index contributed by atoms with van der Waals surface area (Å²) in [6.07, 6.45) is 1.17. The van der Waals surface area contributed by atoms with Crippen molar-refractivity contribution in [3.05, 3.63) is 12.7 Å². The predicted octanol–water partition coefficient (Wildman–Crippen LogP) is -0.233. The Bertz CT molecular complexity index is 1060. The van der Waals surface area contributed by atoms with Crippen molar-refractivity contribution in [2.75, 3.05) is 19.0 Å². The number of nitrogens with one attached hydrogen (secondary N) is 1. The van der Waals surface area contributed by atoms with Crippen molar-refractivity contribution in [3.8, 4) is 0 Å². The van der Waals surface area contributed by atoms with E-state index in [1.807, 2.05) is 0 Å². The van der Waals surface area contributed by atoms with E-state index in [0.717, 1.165) is 0 Å². The Morgan fingerprint density at radius 1 is 1.27 bits per heavy atom. The summed E-state index contributed by atoms with van der Waals surface area (Å²) < 4.78 is 32.9. The van der Waals surface area contributed by atoms with Crippen LogP contribution in [0.2, 0.25) is 0 Å². The maximum Gasteiger partial charge on any atom is 0.481 e. The summed E-state index contributed by atoms with van der Waals surface area (Å²) in [5, 5.41) is 24.4. The summed E-state index contributed by atoms with van der Waals surface area (Å²) >= 11 is 0. The van der Waals surface area contributed by atoms with Gasteiger partial charge in [-0.1, -0.05) is 0 Å². The molecule has 30 heavy (non-hydrogen) atoms. The van der Waals surface area contributed by atoms with Gasteiger partial charge in [0.2, 0.25) is 0 Å². The molecule has 0 bridgehead atoms. The topological polar surface area (TPSA) is 209 Å². The molecule has 2 heterocycles. The molecule has 2 aliphatic carbocycles. The molecule has 4 rings (SSSR count). The zero-order valence-electron chi connectivity index (χ0n) is 15.6. The first-order chi connectivity index (χ1) is 14.0. The third-order valence-corrected chi connectivity index (χ3v) is 8.09. The largest absolute Gasteiger partial charge is 0.481 e. The van der Waals surface area contributed by atoms with Crippen molar-refractivity contribution >= 4 is 32.6 Å². The lowest BCUT2D eigenvalue weighted by atomic mass is 9.60. The first-order valence-corrected chi connectivity index (χ1v) is 12.0. The van der Waals surface area contributed by atoms with Crippen LogP contribution in [0.4, 0.5) is 5.82 Å². The lowest BCUT2D eigenvalue weighted by Crippen LogP contribution is -2.49.